The molecule has 6 heteroatoms. The first-order chi connectivity index (χ1) is 9.77. The molecule has 0 radical (unpaired) electrons. The number of hydrogen-bond donors (Lipinski definition) is 1. The molecule has 0 aliphatic heterocycles. The minimum atomic E-state index is -0.440. The molecule has 0 aliphatic rings. The number of thiazole rings is 1. The van der Waals surface area contributed by atoms with Crippen LogP contribution in [0.25, 0.3) is 0 Å². The monoisotopic (exact) mass is 324 g/mol. The first kappa shape index (κ1) is 15.8. The fraction of sp³-hybridized carbons (Fsp3) is 0.333. The van der Waals surface area contributed by atoms with E-state index in [1.807, 2.05) is 5.38 Å². The Labute approximate surface area is 132 Å². The fourth-order valence-electron chi connectivity index (χ4n) is 1.59. The normalized spacial score (nSPS) is 11.4. The molecular weight excluding hydrogens is 308 g/mol. The van der Waals surface area contributed by atoms with Gasteiger partial charge in [-0.05, 0) is 18.2 Å². The maximum atomic E-state index is 11.9. The third-order valence-electron chi connectivity index (χ3n) is 2.88. The summed E-state index contributed by atoms with van der Waals surface area (Å²) in [7, 11) is 0. The molecule has 1 aromatic carbocycles. The van der Waals surface area contributed by atoms with Crippen LogP contribution < -0.4 is 5.73 Å². The Kier molecular flexibility index (Phi) is 4.54. The lowest BCUT2D eigenvalue weighted by Crippen LogP contribution is -2.12. The molecule has 2 N–H and O–H groups in total. The van der Waals surface area contributed by atoms with Gasteiger partial charge in [0, 0.05) is 10.8 Å². The maximum absolute atomic E-state index is 11.9. The van der Waals surface area contributed by atoms with Crippen molar-refractivity contribution in [1.29, 1.82) is 0 Å². The first-order valence-corrected chi connectivity index (χ1v) is 7.70. The number of aromatic nitrogens is 1. The van der Waals surface area contributed by atoms with Gasteiger partial charge < -0.3 is 10.5 Å². The standard InChI is InChI=1S/C15H17ClN2O2S/c1-15(2,3)12-8-21-13(18-12)7-20-14(19)9-4-5-11(17)10(16)6-9/h4-6,8H,7,17H2,1-3H3. The predicted octanol–water partition coefficient (Wildman–Crippen LogP) is 4.03. The van der Waals surface area contributed by atoms with Gasteiger partial charge in [-0.2, -0.15) is 0 Å². The molecule has 0 bridgehead atoms. The van der Waals surface area contributed by atoms with Crippen LogP contribution in [0.2, 0.25) is 5.02 Å². The van der Waals surface area contributed by atoms with Crippen LogP contribution in [0.4, 0.5) is 5.69 Å². The van der Waals surface area contributed by atoms with Crippen LogP contribution in [-0.2, 0) is 16.8 Å². The second kappa shape index (κ2) is 6.03. The third kappa shape index (κ3) is 3.95. The second-order valence-corrected chi connectivity index (χ2v) is 7.04. The molecule has 0 aliphatic carbocycles. The average Bonchev–Trinajstić information content (AvgIpc) is 2.88. The van der Waals surface area contributed by atoms with Crippen LogP contribution in [0.3, 0.4) is 0 Å². The molecule has 1 heterocycles. The highest BCUT2D eigenvalue weighted by atomic mass is 35.5. The fourth-order valence-corrected chi connectivity index (χ4v) is 2.70. The molecule has 0 fully saturated rings. The van der Waals surface area contributed by atoms with Crippen LogP contribution in [-0.4, -0.2) is 11.0 Å². The largest absolute Gasteiger partial charge is 0.455 e. The minimum absolute atomic E-state index is 0.0107. The van der Waals surface area contributed by atoms with E-state index < -0.39 is 5.97 Å². The predicted molar refractivity (Wildman–Crippen MR) is 85.8 cm³/mol. The lowest BCUT2D eigenvalue weighted by Gasteiger charge is -2.14. The summed E-state index contributed by atoms with van der Waals surface area (Å²) in [6.45, 7) is 6.43. The van der Waals surface area contributed by atoms with E-state index in [9.17, 15) is 4.79 Å². The van der Waals surface area contributed by atoms with Crippen molar-refractivity contribution >= 4 is 34.6 Å². The average molecular weight is 325 g/mol. The van der Waals surface area contributed by atoms with Crippen molar-refractivity contribution in [3.8, 4) is 0 Å². The van der Waals surface area contributed by atoms with Crippen molar-refractivity contribution in [3.05, 3.63) is 44.9 Å². The Hall–Kier alpha value is -1.59. The number of rotatable bonds is 3. The van der Waals surface area contributed by atoms with Gasteiger partial charge in [-0.3, -0.25) is 0 Å². The Morgan fingerprint density at radius 3 is 2.71 bits per heavy atom. The van der Waals surface area contributed by atoms with Gasteiger partial charge in [0.05, 0.1) is 22.0 Å². The Morgan fingerprint density at radius 1 is 1.43 bits per heavy atom. The topological polar surface area (TPSA) is 65.2 Å². The molecule has 0 atom stereocenters. The van der Waals surface area contributed by atoms with E-state index >= 15 is 0 Å². The van der Waals surface area contributed by atoms with Gasteiger partial charge in [-0.1, -0.05) is 32.4 Å². The van der Waals surface area contributed by atoms with E-state index in [2.05, 4.69) is 25.8 Å². The van der Waals surface area contributed by atoms with Crippen molar-refractivity contribution in [1.82, 2.24) is 4.98 Å². The number of hydrogen-bond acceptors (Lipinski definition) is 5. The molecule has 21 heavy (non-hydrogen) atoms. The number of anilines is 1. The number of nitrogen functional groups attached to an aromatic ring is 1. The van der Waals surface area contributed by atoms with Crippen molar-refractivity contribution in [2.75, 3.05) is 5.73 Å². The molecule has 2 rings (SSSR count). The van der Waals surface area contributed by atoms with Crippen LogP contribution in [0.5, 0.6) is 0 Å². The summed E-state index contributed by atoms with van der Waals surface area (Å²) in [6, 6.07) is 4.67. The zero-order valence-electron chi connectivity index (χ0n) is 12.1. The van der Waals surface area contributed by atoms with E-state index in [1.165, 1.54) is 17.4 Å². The molecule has 0 saturated heterocycles. The number of carbonyl (C=O) groups excluding carboxylic acids is 1. The summed E-state index contributed by atoms with van der Waals surface area (Å²) in [5.41, 5.74) is 7.40. The number of esters is 1. The van der Waals surface area contributed by atoms with Crippen LogP contribution in [0.1, 0.15) is 41.8 Å². The summed E-state index contributed by atoms with van der Waals surface area (Å²) >= 11 is 7.37. The Balaban J connectivity index is 2.01. The highest BCUT2D eigenvalue weighted by Gasteiger charge is 2.18. The van der Waals surface area contributed by atoms with Gasteiger partial charge in [0.1, 0.15) is 11.6 Å². The smallest absolute Gasteiger partial charge is 0.338 e. The summed E-state index contributed by atoms with van der Waals surface area (Å²) < 4.78 is 5.24. The minimum Gasteiger partial charge on any atom is -0.455 e. The van der Waals surface area contributed by atoms with Crippen LogP contribution in [0, 0.1) is 0 Å². The number of ether oxygens (including phenoxy) is 1. The number of carbonyl (C=O) groups is 1. The third-order valence-corrected chi connectivity index (χ3v) is 4.03. The summed E-state index contributed by atoms with van der Waals surface area (Å²) in [5.74, 6) is -0.440. The highest BCUT2D eigenvalue weighted by Crippen LogP contribution is 2.24. The summed E-state index contributed by atoms with van der Waals surface area (Å²) in [5, 5.41) is 3.10. The van der Waals surface area contributed by atoms with Gasteiger partial charge in [-0.15, -0.1) is 11.3 Å². The molecule has 1 aromatic heterocycles. The summed E-state index contributed by atoms with van der Waals surface area (Å²) in [6.07, 6.45) is 0. The molecule has 0 amide bonds. The molecule has 0 spiro atoms. The number of halogens is 1. The SMILES string of the molecule is CC(C)(C)c1csc(COC(=O)c2ccc(N)c(Cl)c2)n1. The van der Waals surface area contributed by atoms with E-state index in [0.717, 1.165) is 10.7 Å². The van der Waals surface area contributed by atoms with Crippen molar-refractivity contribution in [2.45, 2.75) is 32.8 Å². The second-order valence-electron chi connectivity index (χ2n) is 5.69. The van der Waals surface area contributed by atoms with Gasteiger partial charge in [-0.25, -0.2) is 9.78 Å². The molecule has 112 valence electrons. The zero-order chi connectivity index (χ0) is 15.6. The lowest BCUT2D eigenvalue weighted by molar-refractivity contribution is 0.0472. The van der Waals surface area contributed by atoms with Crippen molar-refractivity contribution in [2.24, 2.45) is 0 Å². The van der Waals surface area contributed by atoms with Crippen molar-refractivity contribution in [3.63, 3.8) is 0 Å². The Bertz CT molecular complexity index is 662. The van der Waals surface area contributed by atoms with Gasteiger partial charge in [0.25, 0.3) is 0 Å². The molecular formula is C15H17ClN2O2S. The number of benzene rings is 1. The molecule has 0 unspecified atom stereocenters. The van der Waals surface area contributed by atoms with E-state index in [0.29, 0.717) is 16.3 Å². The van der Waals surface area contributed by atoms with Crippen LogP contribution >= 0.6 is 22.9 Å². The van der Waals surface area contributed by atoms with Crippen molar-refractivity contribution < 1.29 is 9.53 Å². The highest BCUT2D eigenvalue weighted by molar-refractivity contribution is 7.09. The van der Waals surface area contributed by atoms with E-state index in [4.69, 9.17) is 22.1 Å². The zero-order valence-corrected chi connectivity index (χ0v) is 13.7. The van der Waals surface area contributed by atoms with E-state index in [1.54, 1.807) is 12.1 Å². The van der Waals surface area contributed by atoms with Crippen LogP contribution in [0.15, 0.2) is 23.6 Å². The lowest BCUT2D eigenvalue weighted by atomic mass is 9.93. The number of nitrogens with zero attached hydrogens (tertiary/aromatic N) is 1. The van der Waals surface area contributed by atoms with Gasteiger partial charge in [0.2, 0.25) is 0 Å². The summed E-state index contributed by atoms with van der Waals surface area (Å²) in [4.78, 5) is 16.4. The molecule has 4 nitrogen and oxygen atoms in total. The number of nitrogens with two attached hydrogens (primary N) is 1. The first-order valence-electron chi connectivity index (χ1n) is 6.44. The maximum Gasteiger partial charge on any atom is 0.338 e. The van der Waals surface area contributed by atoms with Gasteiger partial charge >= 0.3 is 5.97 Å². The van der Waals surface area contributed by atoms with E-state index in [-0.39, 0.29) is 12.0 Å². The molecule has 2 aromatic rings. The quantitative estimate of drug-likeness (QED) is 0.683. The van der Waals surface area contributed by atoms with Gasteiger partial charge in [0.15, 0.2) is 0 Å². The Morgan fingerprint density at radius 2 is 2.14 bits per heavy atom. The molecule has 0 saturated carbocycles.